The Morgan fingerprint density at radius 3 is 2.73 bits per heavy atom. The van der Waals surface area contributed by atoms with E-state index in [0.717, 1.165) is 15.5 Å². The number of hydrogen-bond donors (Lipinski definition) is 1. The summed E-state index contributed by atoms with van der Waals surface area (Å²) in [5.74, 6) is 1.76. The molecule has 0 aliphatic heterocycles. The third-order valence-electron chi connectivity index (χ3n) is 5.01. The number of carbonyl (C=O) groups excluding carboxylic acids is 1. The predicted molar refractivity (Wildman–Crippen MR) is 129 cm³/mol. The molecule has 2 heterocycles. The van der Waals surface area contributed by atoms with Crippen LogP contribution in [0.5, 0.6) is 0 Å². The van der Waals surface area contributed by atoms with Gasteiger partial charge in [0.05, 0.1) is 17.8 Å². The van der Waals surface area contributed by atoms with Crippen LogP contribution < -0.4 is 5.32 Å². The van der Waals surface area contributed by atoms with Gasteiger partial charge in [-0.2, -0.15) is 5.26 Å². The fourth-order valence-corrected chi connectivity index (χ4v) is 4.72. The number of oxazole rings is 1. The minimum Gasteiger partial charge on any atom is -0.441 e. The second-order valence-electron chi connectivity index (χ2n) is 7.44. The number of amides is 1. The van der Waals surface area contributed by atoms with Crippen LogP contribution in [0, 0.1) is 25.2 Å². The monoisotopic (exact) mass is 475 g/mol. The number of thioether (sulfide) groups is 1. The highest BCUT2D eigenvalue weighted by atomic mass is 32.2. The molecule has 0 atom stereocenters. The zero-order valence-electron chi connectivity index (χ0n) is 18.2. The summed E-state index contributed by atoms with van der Waals surface area (Å²) in [5, 5.41) is 20.3. The Morgan fingerprint density at radius 2 is 1.97 bits per heavy atom. The molecular weight excluding hydrogens is 454 g/mol. The van der Waals surface area contributed by atoms with Crippen molar-refractivity contribution in [1.82, 2.24) is 15.2 Å². The van der Waals surface area contributed by atoms with Crippen LogP contribution in [0.2, 0.25) is 0 Å². The molecule has 0 fully saturated rings. The van der Waals surface area contributed by atoms with Crippen molar-refractivity contribution < 1.29 is 9.21 Å². The molecule has 4 rings (SSSR count). The lowest BCUT2D eigenvalue weighted by Crippen LogP contribution is -2.12. The third-order valence-corrected chi connectivity index (χ3v) is 7.05. The van der Waals surface area contributed by atoms with Gasteiger partial charge in [0.1, 0.15) is 0 Å². The molecule has 0 radical (unpaired) electrons. The van der Waals surface area contributed by atoms with Gasteiger partial charge >= 0.3 is 0 Å². The second kappa shape index (κ2) is 10.4. The molecule has 1 N–H and O–H groups in total. The van der Waals surface area contributed by atoms with Gasteiger partial charge in [-0.05, 0) is 48.7 Å². The number of carbonyl (C=O) groups is 1. The first-order valence-electron chi connectivity index (χ1n) is 10.3. The van der Waals surface area contributed by atoms with E-state index in [4.69, 9.17) is 9.68 Å². The lowest BCUT2D eigenvalue weighted by atomic mass is 10.1. The largest absolute Gasteiger partial charge is 0.441 e. The SMILES string of the molecule is Cc1ccc(-c2cnc(CCC(=O)Nc3nnc(SCc4ccc(C#N)cc4)s3)o2)cc1C. The van der Waals surface area contributed by atoms with Crippen molar-refractivity contribution in [3.05, 3.63) is 76.8 Å². The normalized spacial score (nSPS) is 10.7. The zero-order chi connectivity index (χ0) is 23.2. The first kappa shape index (κ1) is 22.7. The Morgan fingerprint density at radius 1 is 1.15 bits per heavy atom. The van der Waals surface area contributed by atoms with Crippen molar-refractivity contribution in [1.29, 1.82) is 5.26 Å². The smallest absolute Gasteiger partial charge is 0.226 e. The van der Waals surface area contributed by atoms with Gasteiger partial charge in [-0.15, -0.1) is 10.2 Å². The number of rotatable bonds is 8. The van der Waals surface area contributed by atoms with Gasteiger partial charge < -0.3 is 9.73 Å². The Kier molecular flexibility index (Phi) is 7.17. The Hall–Kier alpha value is -3.48. The van der Waals surface area contributed by atoms with E-state index >= 15 is 0 Å². The van der Waals surface area contributed by atoms with Gasteiger partial charge in [-0.25, -0.2) is 4.98 Å². The number of aromatic nitrogens is 3. The van der Waals surface area contributed by atoms with Gasteiger partial charge in [0.25, 0.3) is 0 Å². The molecule has 0 saturated heterocycles. The van der Waals surface area contributed by atoms with Crippen LogP contribution >= 0.6 is 23.1 Å². The molecule has 0 aliphatic rings. The molecular formula is C24H21N5O2S2. The number of benzene rings is 2. The summed E-state index contributed by atoms with van der Waals surface area (Å²) >= 11 is 2.86. The Balaban J connectivity index is 1.25. The Bertz CT molecular complexity index is 1310. The first-order chi connectivity index (χ1) is 16.0. The van der Waals surface area contributed by atoms with E-state index in [1.54, 1.807) is 18.3 Å². The molecule has 2 aromatic heterocycles. The summed E-state index contributed by atoms with van der Waals surface area (Å²) in [6, 6.07) is 15.7. The second-order valence-corrected chi connectivity index (χ2v) is 9.64. The Labute approximate surface area is 199 Å². The number of anilines is 1. The maximum atomic E-state index is 12.3. The first-order valence-corrected chi connectivity index (χ1v) is 12.1. The fourth-order valence-electron chi connectivity index (χ4n) is 3.00. The van der Waals surface area contributed by atoms with Crippen LogP contribution in [-0.2, 0) is 17.0 Å². The highest BCUT2D eigenvalue weighted by molar-refractivity contribution is 8.00. The summed E-state index contributed by atoms with van der Waals surface area (Å²) in [4.78, 5) is 16.6. The molecule has 33 heavy (non-hydrogen) atoms. The highest BCUT2D eigenvalue weighted by Gasteiger charge is 2.12. The van der Waals surface area contributed by atoms with Crippen molar-refractivity contribution in [3.63, 3.8) is 0 Å². The number of hydrogen-bond acceptors (Lipinski definition) is 8. The standard InChI is InChI=1S/C24H21N5O2S2/c1-15-3-8-19(11-16(15)2)20-13-26-22(31-20)10-9-21(30)27-23-28-29-24(33-23)32-14-18-6-4-17(12-25)5-7-18/h3-8,11,13H,9-10,14H2,1-2H3,(H,27,28,30). The molecule has 0 aliphatic carbocycles. The topological polar surface area (TPSA) is 105 Å². The van der Waals surface area contributed by atoms with Crippen LogP contribution in [0.15, 0.2) is 57.4 Å². The van der Waals surface area contributed by atoms with Gasteiger partial charge in [-0.3, -0.25) is 4.79 Å². The third kappa shape index (κ3) is 6.06. The van der Waals surface area contributed by atoms with E-state index < -0.39 is 0 Å². The fraction of sp³-hybridized carbons (Fsp3) is 0.208. The summed E-state index contributed by atoms with van der Waals surface area (Å²) < 4.78 is 6.58. The minimum absolute atomic E-state index is 0.166. The molecule has 0 spiro atoms. The maximum Gasteiger partial charge on any atom is 0.226 e. The van der Waals surface area contributed by atoms with Crippen molar-refractivity contribution in [2.24, 2.45) is 0 Å². The lowest BCUT2D eigenvalue weighted by Gasteiger charge is -2.02. The van der Waals surface area contributed by atoms with Crippen molar-refractivity contribution in [2.45, 2.75) is 36.8 Å². The van der Waals surface area contributed by atoms with Gasteiger partial charge in [0.2, 0.25) is 11.0 Å². The van der Waals surface area contributed by atoms with E-state index in [9.17, 15) is 4.79 Å². The number of nitriles is 1. The van der Waals surface area contributed by atoms with E-state index in [1.807, 2.05) is 18.2 Å². The molecule has 7 nitrogen and oxygen atoms in total. The van der Waals surface area contributed by atoms with Crippen LogP contribution in [0.3, 0.4) is 0 Å². The summed E-state index contributed by atoms with van der Waals surface area (Å²) in [5.41, 5.74) is 5.11. The number of aryl methyl sites for hydroxylation is 3. The van der Waals surface area contributed by atoms with Crippen molar-refractivity contribution in [2.75, 3.05) is 5.32 Å². The number of nitrogens with zero attached hydrogens (tertiary/aromatic N) is 4. The van der Waals surface area contributed by atoms with E-state index in [2.05, 4.69) is 52.5 Å². The molecule has 0 saturated carbocycles. The molecule has 0 unspecified atom stereocenters. The molecule has 1 amide bonds. The zero-order valence-corrected chi connectivity index (χ0v) is 19.8. The quantitative estimate of drug-likeness (QED) is 0.263. The van der Waals surface area contributed by atoms with Crippen molar-refractivity contribution >= 4 is 34.1 Å². The number of nitrogens with one attached hydrogen (secondary N) is 1. The summed E-state index contributed by atoms with van der Waals surface area (Å²) in [6.07, 6.45) is 2.33. The molecule has 166 valence electrons. The van der Waals surface area contributed by atoms with Crippen LogP contribution in [-0.4, -0.2) is 21.1 Å². The average Bonchev–Trinajstić information content (AvgIpc) is 3.48. The molecule has 0 bridgehead atoms. The maximum absolute atomic E-state index is 12.3. The highest BCUT2D eigenvalue weighted by Crippen LogP contribution is 2.28. The lowest BCUT2D eigenvalue weighted by molar-refractivity contribution is -0.116. The molecule has 2 aromatic carbocycles. The molecule has 4 aromatic rings. The van der Waals surface area contributed by atoms with Crippen molar-refractivity contribution in [3.8, 4) is 17.4 Å². The van der Waals surface area contributed by atoms with E-state index in [-0.39, 0.29) is 12.3 Å². The van der Waals surface area contributed by atoms with Gasteiger partial charge in [-0.1, -0.05) is 47.4 Å². The van der Waals surface area contributed by atoms with Gasteiger partial charge in [0.15, 0.2) is 16.0 Å². The van der Waals surface area contributed by atoms with Crippen LogP contribution in [0.25, 0.3) is 11.3 Å². The average molecular weight is 476 g/mol. The van der Waals surface area contributed by atoms with E-state index in [0.29, 0.717) is 34.5 Å². The summed E-state index contributed by atoms with van der Waals surface area (Å²) in [6.45, 7) is 4.13. The predicted octanol–water partition coefficient (Wildman–Crippen LogP) is 5.55. The summed E-state index contributed by atoms with van der Waals surface area (Å²) in [7, 11) is 0. The van der Waals surface area contributed by atoms with E-state index in [1.165, 1.54) is 34.2 Å². The van der Waals surface area contributed by atoms with Crippen LogP contribution in [0.1, 0.15) is 34.6 Å². The van der Waals surface area contributed by atoms with Gasteiger partial charge in [0, 0.05) is 24.2 Å². The van der Waals surface area contributed by atoms with Crippen LogP contribution in [0.4, 0.5) is 5.13 Å². The molecule has 9 heteroatoms. The minimum atomic E-state index is -0.166.